The number of rotatable bonds is 3. The van der Waals surface area contributed by atoms with E-state index in [1.54, 1.807) is 0 Å². The number of hydrogen-bond donors (Lipinski definition) is 1. The number of carbonyl (C=O) groups is 1. The Balaban J connectivity index is 2.88. The third-order valence-corrected chi connectivity index (χ3v) is 4.38. The summed E-state index contributed by atoms with van der Waals surface area (Å²) in [6.45, 7) is 0. The van der Waals surface area contributed by atoms with Gasteiger partial charge in [-0.25, -0.2) is 4.79 Å². The van der Waals surface area contributed by atoms with Gasteiger partial charge in [-0.15, -0.1) is 11.3 Å². The van der Waals surface area contributed by atoms with Gasteiger partial charge in [-0.1, -0.05) is 23.2 Å². The number of halogens is 2. The quantitative estimate of drug-likeness (QED) is 0.933. The fourth-order valence-corrected chi connectivity index (χ4v) is 3.30. The maximum absolute atomic E-state index is 11.0. The number of methoxy groups -OCH3 is 2. The molecule has 0 radical (unpaired) electrons. The second-order valence-electron chi connectivity index (χ2n) is 3.35. The minimum Gasteiger partial charge on any atom is -0.491 e. The molecular weight excluding hydrogens is 299 g/mol. The van der Waals surface area contributed by atoms with Crippen LogP contribution in [0.3, 0.4) is 0 Å². The molecule has 1 aromatic carbocycles. The molecule has 0 aliphatic heterocycles. The molecule has 0 aliphatic carbocycles. The molecule has 2 aromatic rings. The van der Waals surface area contributed by atoms with E-state index in [1.165, 1.54) is 20.3 Å². The number of fused-ring (bicyclic) bond motifs is 1. The van der Waals surface area contributed by atoms with Crippen LogP contribution in [0, 0.1) is 0 Å². The van der Waals surface area contributed by atoms with E-state index in [4.69, 9.17) is 37.8 Å². The van der Waals surface area contributed by atoms with Crippen molar-refractivity contribution in [2.75, 3.05) is 14.2 Å². The summed E-state index contributed by atoms with van der Waals surface area (Å²) in [7, 11) is 2.88. The van der Waals surface area contributed by atoms with Gasteiger partial charge in [-0.3, -0.25) is 0 Å². The van der Waals surface area contributed by atoms with Gasteiger partial charge < -0.3 is 14.6 Å². The van der Waals surface area contributed by atoms with E-state index in [1.807, 2.05) is 0 Å². The Morgan fingerprint density at radius 1 is 1.22 bits per heavy atom. The average Bonchev–Trinajstić information content (AvgIpc) is 2.78. The number of hydrogen-bond acceptors (Lipinski definition) is 4. The summed E-state index contributed by atoms with van der Waals surface area (Å²) in [5.74, 6) is -0.428. The first-order chi connectivity index (χ1) is 8.51. The van der Waals surface area contributed by atoms with E-state index in [9.17, 15) is 4.79 Å². The van der Waals surface area contributed by atoms with Crippen LogP contribution in [0.4, 0.5) is 0 Å². The summed E-state index contributed by atoms with van der Waals surface area (Å²) in [6, 6.07) is 1.47. The topological polar surface area (TPSA) is 55.8 Å². The van der Waals surface area contributed by atoms with Gasteiger partial charge in [-0.2, -0.15) is 0 Å². The fraction of sp³-hybridized carbons (Fsp3) is 0.182. The van der Waals surface area contributed by atoms with Crippen LogP contribution in [0.25, 0.3) is 10.1 Å². The molecule has 18 heavy (non-hydrogen) atoms. The van der Waals surface area contributed by atoms with Crippen molar-refractivity contribution in [2.24, 2.45) is 0 Å². The maximum Gasteiger partial charge on any atom is 0.345 e. The Kier molecular flexibility index (Phi) is 3.56. The summed E-state index contributed by atoms with van der Waals surface area (Å²) >= 11 is 13.4. The lowest BCUT2D eigenvalue weighted by Crippen LogP contribution is -1.92. The fourth-order valence-electron chi connectivity index (χ4n) is 1.61. The van der Waals surface area contributed by atoms with Gasteiger partial charge in [-0.05, 0) is 6.07 Å². The molecule has 1 heterocycles. The lowest BCUT2D eigenvalue weighted by Gasteiger charge is -2.11. The minimum absolute atomic E-state index is 0.157. The molecule has 0 spiro atoms. The van der Waals surface area contributed by atoms with Gasteiger partial charge in [0.1, 0.15) is 9.90 Å². The molecule has 0 bridgehead atoms. The summed E-state index contributed by atoms with van der Waals surface area (Å²) < 4.78 is 10.9. The highest BCUT2D eigenvalue weighted by molar-refractivity contribution is 7.21. The van der Waals surface area contributed by atoms with Crippen molar-refractivity contribution in [2.45, 2.75) is 0 Å². The average molecular weight is 307 g/mol. The Labute approximate surface area is 117 Å². The summed E-state index contributed by atoms with van der Waals surface area (Å²) in [5.41, 5.74) is 0. The zero-order valence-corrected chi connectivity index (χ0v) is 11.7. The molecule has 96 valence electrons. The van der Waals surface area contributed by atoms with Crippen molar-refractivity contribution >= 4 is 50.6 Å². The van der Waals surface area contributed by atoms with Gasteiger partial charge in [0.15, 0.2) is 11.5 Å². The smallest absolute Gasteiger partial charge is 0.345 e. The molecule has 0 unspecified atom stereocenters. The highest BCUT2D eigenvalue weighted by Gasteiger charge is 2.22. The molecule has 1 N–H and O–H groups in total. The van der Waals surface area contributed by atoms with Crippen LogP contribution >= 0.6 is 34.5 Å². The Morgan fingerprint density at radius 3 is 2.28 bits per heavy atom. The molecule has 4 nitrogen and oxygen atoms in total. The van der Waals surface area contributed by atoms with E-state index in [2.05, 4.69) is 0 Å². The van der Waals surface area contributed by atoms with E-state index >= 15 is 0 Å². The van der Waals surface area contributed by atoms with Crippen LogP contribution in [-0.2, 0) is 0 Å². The molecule has 1 aromatic heterocycles. The van der Waals surface area contributed by atoms with Crippen molar-refractivity contribution in [1.82, 2.24) is 0 Å². The summed E-state index contributed by atoms with van der Waals surface area (Å²) in [6.07, 6.45) is 0. The van der Waals surface area contributed by atoms with Crippen molar-refractivity contribution in [3.63, 3.8) is 0 Å². The molecule has 0 aliphatic rings. The van der Waals surface area contributed by atoms with Gasteiger partial charge >= 0.3 is 5.97 Å². The van der Waals surface area contributed by atoms with Gasteiger partial charge in [0, 0.05) is 5.39 Å². The lowest BCUT2D eigenvalue weighted by molar-refractivity contribution is 0.0702. The monoisotopic (exact) mass is 306 g/mol. The standard InChI is InChI=1S/C11H8Cl2O4S/c1-16-8-6(12)4-3-5(11(14)15)18-10(4)7(13)9(8)17-2/h3H,1-2H3,(H,14,15). The van der Waals surface area contributed by atoms with E-state index in [-0.39, 0.29) is 9.90 Å². The maximum atomic E-state index is 11.0. The van der Waals surface area contributed by atoms with Crippen LogP contribution in [0.2, 0.25) is 10.0 Å². The molecular formula is C11H8Cl2O4S. The summed E-state index contributed by atoms with van der Waals surface area (Å²) in [5, 5.41) is 10.1. The van der Waals surface area contributed by atoms with Crippen LogP contribution < -0.4 is 9.47 Å². The SMILES string of the molecule is COc1c(OC)c(Cl)c2sc(C(=O)O)cc2c1Cl. The molecule has 0 fully saturated rings. The van der Waals surface area contributed by atoms with E-state index in [0.29, 0.717) is 26.6 Å². The molecule has 0 atom stereocenters. The zero-order valence-electron chi connectivity index (χ0n) is 9.41. The van der Waals surface area contributed by atoms with Gasteiger partial charge in [0.05, 0.1) is 23.9 Å². The molecule has 0 saturated heterocycles. The Hall–Kier alpha value is -1.17. The van der Waals surface area contributed by atoms with Crippen LogP contribution in [0.15, 0.2) is 6.07 Å². The number of aromatic carboxylic acids is 1. The van der Waals surface area contributed by atoms with Crippen molar-refractivity contribution in [3.8, 4) is 11.5 Å². The van der Waals surface area contributed by atoms with E-state index in [0.717, 1.165) is 11.3 Å². The Morgan fingerprint density at radius 2 is 1.78 bits per heavy atom. The lowest BCUT2D eigenvalue weighted by atomic mass is 10.2. The van der Waals surface area contributed by atoms with Crippen molar-refractivity contribution in [1.29, 1.82) is 0 Å². The van der Waals surface area contributed by atoms with Crippen molar-refractivity contribution < 1.29 is 19.4 Å². The predicted molar refractivity (Wildman–Crippen MR) is 71.9 cm³/mol. The zero-order chi connectivity index (χ0) is 13.4. The van der Waals surface area contributed by atoms with Crippen molar-refractivity contribution in [3.05, 3.63) is 21.0 Å². The minimum atomic E-state index is -1.03. The largest absolute Gasteiger partial charge is 0.491 e. The van der Waals surface area contributed by atoms with Crippen LogP contribution in [-0.4, -0.2) is 25.3 Å². The van der Waals surface area contributed by atoms with Gasteiger partial charge in [0.25, 0.3) is 0 Å². The first-order valence-electron chi connectivity index (χ1n) is 4.77. The molecule has 2 rings (SSSR count). The third kappa shape index (κ3) is 1.88. The number of benzene rings is 1. The normalized spacial score (nSPS) is 10.7. The van der Waals surface area contributed by atoms with Gasteiger partial charge in [0.2, 0.25) is 0 Å². The first-order valence-corrected chi connectivity index (χ1v) is 6.34. The molecule has 0 amide bonds. The number of carboxylic acids is 1. The number of ether oxygens (including phenoxy) is 2. The highest BCUT2D eigenvalue weighted by atomic mass is 35.5. The second kappa shape index (κ2) is 4.84. The number of carboxylic acid groups (broad SMARTS) is 1. The van der Waals surface area contributed by atoms with Crippen LogP contribution in [0.1, 0.15) is 9.67 Å². The molecule has 0 saturated carbocycles. The van der Waals surface area contributed by atoms with E-state index < -0.39 is 5.97 Å². The summed E-state index contributed by atoms with van der Waals surface area (Å²) in [4.78, 5) is 11.1. The molecule has 7 heteroatoms. The number of thiophene rings is 1. The second-order valence-corrected chi connectivity index (χ2v) is 5.16. The third-order valence-electron chi connectivity index (χ3n) is 2.39. The predicted octanol–water partition coefficient (Wildman–Crippen LogP) is 3.92. The Bertz CT molecular complexity index is 589. The van der Waals surface area contributed by atoms with Crippen LogP contribution in [0.5, 0.6) is 11.5 Å². The first kappa shape index (κ1) is 13.3. The highest BCUT2D eigenvalue weighted by Crippen LogP contribution is 2.49.